The maximum atomic E-state index is 10.2. The minimum Gasteiger partial charge on any atom is -0.297 e. The summed E-state index contributed by atoms with van der Waals surface area (Å²) in [5.74, 6) is 0.0462. The molecular formula is C6H9NO. The Morgan fingerprint density at radius 3 is 2.62 bits per heavy atom. The van der Waals surface area contributed by atoms with E-state index < -0.39 is 0 Å². The van der Waals surface area contributed by atoms with Crippen LogP contribution in [0.2, 0.25) is 0 Å². The van der Waals surface area contributed by atoms with Gasteiger partial charge in [-0.25, -0.2) is 0 Å². The van der Waals surface area contributed by atoms with E-state index in [4.69, 9.17) is 0 Å². The fourth-order valence-corrected chi connectivity index (χ4v) is 0.265. The molecule has 0 fully saturated rings. The lowest BCUT2D eigenvalue weighted by molar-refractivity contribution is -0.112. The van der Waals surface area contributed by atoms with Gasteiger partial charge in [0.2, 0.25) is 0 Å². The highest BCUT2D eigenvalue weighted by Gasteiger charge is 1.75. The number of hydrogen-bond donors (Lipinski definition) is 0. The number of rotatable bonds is 2. The summed E-state index contributed by atoms with van der Waals surface area (Å²) in [4.78, 5) is 13.8. The topological polar surface area (TPSA) is 29.4 Å². The van der Waals surface area contributed by atoms with Gasteiger partial charge in [0.25, 0.3) is 0 Å². The monoisotopic (exact) mass is 111 g/mol. The van der Waals surface area contributed by atoms with Crippen molar-refractivity contribution in [3.05, 3.63) is 12.2 Å². The Hall–Kier alpha value is -0.920. The van der Waals surface area contributed by atoms with Crippen LogP contribution in [0, 0.1) is 0 Å². The summed E-state index contributed by atoms with van der Waals surface area (Å²) in [6, 6.07) is 0. The largest absolute Gasteiger partial charge is 0.297 e. The Labute approximate surface area is 48.9 Å². The summed E-state index contributed by atoms with van der Waals surface area (Å²) < 4.78 is 0. The molecule has 0 rings (SSSR count). The van der Waals surface area contributed by atoms with E-state index >= 15 is 0 Å². The highest BCUT2D eigenvalue weighted by Crippen LogP contribution is 1.70. The molecule has 0 heterocycles. The summed E-state index contributed by atoms with van der Waals surface area (Å²) in [6.45, 7) is 1.50. The first-order valence-electron chi connectivity index (χ1n) is 2.36. The van der Waals surface area contributed by atoms with E-state index in [1.54, 1.807) is 19.3 Å². The predicted molar refractivity (Wildman–Crippen MR) is 34.2 cm³/mol. The average Bonchev–Trinajstić information content (AvgIpc) is 1.66. The van der Waals surface area contributed by atoms with Gasteiger partial charge in [0, 0.05) is 13.3 Å². The molecule has 0 aromatic rings. The van der Waals surface area contributed by atoms with Crippen LogP contribution in [0.1, 0.15) is 6.92 Å². The zero-order chi connectivity index (χ0) is 6.41. The molecule has 8 heavy (non-hydrogen) atoms. The second-order valence-electron chi connectivity index (χ2n) is 1.38. The van der Waals surface area contributed by atoms with Crippen molar-refractivity contribution in [1.82, 2.24) is 0 Å². The Morgan fingerprint density at radius 1 is 1.62 bits per heavy atom. The summed E-state index contributed by atoms with van der Waals surface area (Å²) in [6.07, 6.45) is 4.65. The SMILES string of the molecule is CN=C/C=C\C(C)=O. The number of ketones is 1. The van der Waals surface area contributed by atoms with Gasteiger partial charge in [0.15, 0.2) is 5.78 Å². The minimum atomic E-state index is 0.0462. The third-order valence-electron chi connectivity index (χ3n) is 0.566. The smallest absolute Gasteiger partial charge is 0.152 e. The predicted octanol–water partition coefficient (Wildman–Crippen LogP) is 0.832. The molecule has 0 bridgehead atoms. The van der Waals surface area contributed by atoms with Crippen molar-refractivity contribution in [3.63, 3.8) is 0 Å². The van der Waals surface area contributed by atoms with Gasteiger partial charge in [-0.1, -0.05) is 0 Å². The lowest BCUT2D eigenvalue weighted by Gasteiger charge is -1.71. The van der Waals surface area contributed by atoms with Crippen LogP contribution in [0.4, 0.5) is 0 Å². The van der Waals surface area contributed by atoms with E-state index in [9.17, 15) is 4.79 Å². The molecule has 0 spiro atoms. The van der Waals surface area contributed by atoms with E-state index in [1.807, 2.05) is 0 Å². The Balaban J connectivity index is 3.50. The van der Waals surface area contributed by atoms with Gasteiger partial charge in [-0.3, -0.25) is 9.79 Å². The average molecular weight is 111 g/mol. The molecule has 0 atom stereocenters. The van der Waals surface area contributed by atoms with Gasteiger partial charge in [-0.05, 0) is 19.1 Å². The number of aliphatic imine (C=N–C) groups is 1. The second-order valence-corrected chi connectivity index (χ2v) is 1.38. The zero-order valence-corrected chi connectivity index (χ0v) is 5.09. The standard InChI is InChI=1S/C6H9NO/c1-6(8)4-3-5-7-2/h3-5H,1-2H3/b4-3-,7-5?. The maximum absolute atomic E-state index is 10.2. The van der Waals surface area contributed by atoms with Crippen LogP contribution >= 0.6 is 0 Å². The molecule has 0 aromatic heterocycles. The normalized spacial score (nSPS) is 11.2. The van der Waals surface area contributed by atoms with Crippen LogP contribution in [0.25, 0.3) is 0 Å². The van der Waals surface area contributed by atoms with Crippen LogP contribution in [0.15, 0.2) is 17.1 Å². The molecular weight excluding hydrogens is 102 g/mol. The van der Waals surface area contributed by atoms with E-state index in [0.29, 0.717) is 0 Å². The summed E-state index contributed by atoms with van der Waals surface area (Å²) >= 11 is 0. The van der Waals surface area contributed by atoms with Crippen LogP contribution in [0.5, 0.6) is 0 Å². The molecule has 0 amide bonds. The minimum absolute atomic E-state index is 0.0462. The molecule has 0 radical (unpaired) electrons. The fourth-order valence-electron chi connectivity index (χ4n) is 0.265. The number of hydrogen-bond acceptors (Lipinski definition) is 2. The van der Waals surface area contributed by atoms with Gasteiger partial charge in [-0.2, -0.15) is 0 Å². The van der Waals surface area contributed by atoms with Gasteiger partial charge in [-0.15, -0.1) is 0 Å². The number of carbonyl (C=O) groups is 1. The fraction of sp³-hybridized carbons (Fsp3) is 0.333. The number of carbonyl (C=O) groups excluding carboxylic acids is 1. The van der Waals surface area contributed by atoms with E-state index in [0.717, 1.165) is 0 Å². The first-order valence-corrected chi connectivity index (χ1v) is 2.36. The molecule has 44 valence electrons. The highest BCUT2D eigenvalue weighted by molar-refractivity contribution is 5.91. The van der Waals surface area contributed by atoms with Crippen molar-refractivity contribution in [2.75, 3.05) is 7.05 Å². The lowest BCUT2D eigenvalue weighted by atomic mass is 10.4. The van der Waals surface area contributed by atoms with Crippen LogP contribution in [-0.4, -0.2) is 19.0 Å². The molecule has 0 aliphatic heterocycles. The van der Waals surface area contributed by atoms with E-state index in [1.165, 1.54) is 13.0 Å². The summed E-state index contributed by atoms with van der Waals surface area (Å²) in [5.41, 5.74) is 0. The highest BCUT2D eigenvalue weighted by atomic mass is 16.1. The van der Waals surface area contributed by atoms with Crippen molar-refractivity contribution in [2.45, 2.75) is 6.92 Å². The summed E-state index contributed by atoms with van der Waals surface area (Å²) in [5, 5.41) is 0. The summed E-state index contributed by atoms with van der Waals surface area (Å²) in [7, 11) is 1.66. The molecule has 0 aromatic carbocycles. The van der Waals surface area contributed by atoms with Crippen LogP contribution in [0.3, 0.4) is 0 Å². The van der Waals surface area contributed by atoms with Crippen molar-refractivity contribution in [2.24, 2.45) is 4.99 Å². The number of allylic oxidation sites excluding steroid dienone is 2. The molecule has 0 saturated carbocycles. The number of nitrogens with zero attached hydrogens (tertiary/aromatic N) is 1. The molecule has 0 aliphatic carbocycles. The van der Waals surface area contributed by atoms with Gasteiger partial charge in [0.1, 0.15) is 0 Å². The van der Waals surface area contributed by atoms with Crippen LogP contribution in [-0.2, 0) is 4.79 Å². The first-order chi connectivity index (χ1) is 3.77. The van der Waals surface area contributed by atoms with E-state index in [-0.39, 0.29) is 5.78 Å². The zero-order valence-electron chi connectivity index (χ0n) is 5.09. The third kappa shape index (κ3) is 5.08. The van der Waals surface area contributed by atoms with E-state index in [2.05, 4.69) is 4.99 Å². The van der Waals surface area contributed by atoms with Crippen molar-refractivity contribution in [1.29, 1.82) is 0 Å². The Kier molecular flexibility index (Phi) is 3.76. The Bertz CT molecular complexity index is 124. The van der Waals surface area contributed by atoms with Gasteiger partial charge >= 0.3 is 0 Å². The first kappa shape index (κ1) is 7.08. The van der Waals surface area contributed by atoms with Gasteiger partial charge < -0.3 is 0 Å². The molecule has 2 heteroatoms. The second kappa shape index (κ2) is 4.24. The third-order valence-corrected chi connectivity index (χ3v) is 0.566. The molecule has 0 N–H and O–H groups in total. The van der Waals surface area contributed by atoms with Crippen molar-refractivity contribution < 1.29 is 4.79 Å². The quantitative estimate of drug-likeness (QED) is 0.383. The van der Waals surface area contributed by atoms with Crippen molar-refractivity contribution in [3.8, 4) is 0 Å². The molecule has 0 aliphatic rings. The lowest BCUT2D eigenvalue weighted by Crippen LogP contribution is -1.78. The van der Waals surface area contributed by atoms with Gasteiger partial charge in [0.05, 0.1) is 0 Å². The van der Waals surface area contributed by atoms with Crippen molar-refractivity contribution >= 4 is 12.0 Å². The molecule has 2 nitrogen and oxygen atoms in total. The Morgan fingerprint density at radius 2 is 2.25 bits per heavy atom. The molecule has 0 unspecified atom stereocenters. The maximum Gasteiger partial charge on any atom is 0.152 e. The van der Waals surface area contributed by atoms with Crippen LogP contribution < -0.4 is 0 Å². The molecule has 0 saturated heterocycles.